The Morgan fingerprint density at radius 2 is 1.81 bits per heavy atom. The van der Waals surface area contributed by atoms with Gasteiger partial charge >= 0.3 is 5.97 Å². The van der Waals surface area contributed by atoms with Crippen molar-refractivity contribution in [2.45, 2.75) is 25.2 Å². The van der Waals surface area contributed by atoms with E-state index in [0.717, 1.165) is 12.8 Å². The minimum absolute atomic E-state index is 0.0180. The molecule has 0 aromatic heterocycles. The smallest absolute Gasteiger partial charge is 0.304 e. The summed E-state index contributed by atoms with van der Waals surface area (Å²) in [4.78, 5) is 11.0. The number of carboxylic acids is 1. The lowest BCUT2D eigenvalue weighted by atomic mass is 9.90. The van der Waals surface area contributed by atoms with Gasteiger partial charge in [-0.25, -0.2) is 0 Å². The molecule has 21 heavy (non-hydrogen) atoms. The van der Waals surface area contributed by atoms with Crippen molar-refractivity contribution in [3.05, 3.63) is 76.9 Å². The maximum atomic E-state index is 11.0. The van der Waals surface area contributed by atoms with Gasteiger partial charge in [0.15, 0.2) is 0 Å². The lowest BCUT2D eigenvalue weighted by molar-refractivity contribution is -0.137. The van der Waals surface area contributed by atoms with E-state index >= 15 is 0 Å². The highest BCUT2D eigenvalue weighted by molar-refractivity contribution is 5.73. The van der Waals surface area contributed by atoms with Crippen molar-refractivity contribution >= 4 is 12.0 Å². The first kappa shape index (κ1) is 13.6. The van der Waals surface area contributed by atoms with E-state index in [1.807, 2.05) is 12.1 Å². The average Bonchev–Trinajstić information content (AvgIpc) is 2.89. The molecule has 1 N–H and O–H groups in total. The Balaban J connectivity index is 1.81. The van der Waals surface area contributed by atoms with E-state index in [4.69, 9.17) is 5.11 Å². The molecule has 2 heteroatoms. The Bertz CT molecular complexity index is 671. The van der Waals surface area contributed by atoms with Gasteiger partial charge in [0.05, 0.1) is 6.42 Å². The van der Waals surface area contributed by atoms with Gasteiger partial charge in [0.2, 0.25) is 0 Å². The van der Waals surface area contributed by atoms with Crippen LogP contribution in [0.25, 0.3) is 6.08 Å². The zero-order valence-corrected chi connectivity index (χ0v) is 11.8. The Morgan fingerprint density at radius 1 is 1.00 bits per heavy atom. The highest BCUT2D eigenvalue weighted by Crippen LogP contribution is 2.35. The minimum atomic E-state index is -0.740. The summed E-state index contributed by atoms with van der Waals surface area (Å²) < 4.78 is 0. The van der Waals surface area contributed by atoms with Gasteiger partial charge in [-0.15, -0.1) is 0 Å². The van der Waals surface area contributed by atoms with Crippen LogP contribution in [0.5, 0.6) is 0 Å². The maximum Gasteiger partial charge on any atom is 0.304 e. The molecule has 2 aromatic carbocycles. The summed E-state index contributed by atoms with van der Waals surface area (Å²) in [6.07, 6.45) is 6.17. The number of rotatable bonds is 5. The first-order valence-corrected chi connectivity index (χ1v) is 7.30. The van der Waals surface area contributed by atoms with Gasteiger partial charge in [-0.1, -0.05) is 60.7 Å². The van der Waals surface area contributed by atoms with Crippen LogP contribution in [0.3, 0.4) is 0 Å². The van der Waals surface area contributed by atoms with Crippen LogP contribution in [0.4, 0.5) is 0 Å². The van der Waals surface area contributed by atoms with Crippen LogP contribution in [-0.4, -0.2) is 11.1 Å². The van der Waals surface area contributed by atoms with Gasteiger partial charge in [0, 0.05) is 5.92 Å². The van der Waals surface area contributed by atoms with Crippen LogP contribution in [0.2, 0.25) is 0 Å². The molecule has 106 valence electrons. The summed E-state index contributed by atoms with van der Waals surface area (Å²) >= 11 is 0. The van der Waals surface area contributed by atoms with E-state index in [-0.39, 0.29) is 12.3 Å². The molecule has 2 aromatic rings. The van der Waals surface area contributed by atoms with Crippen LogP contribution < -0.4 is 0 Å². The van der Waals surface area contributed by atoms with E-state index in [1.54, 1.807) is 0 Å². The molecule has 0 heterocycles. The Labute approximate surface area is 124 Å². The third-order valence-corrected chi connectivity index (χ3v) is 4.03. The van der Waals surface area contributed by atoms with Crippen LogP contribution in [0.15, 0.2) is 54.6 Å². The van der Waals surface area contributed by atoms with Crippen LogP contribution in [0, 0.1) is 0 Å². The third kappa shape index (κ3) is 3.05. The molecule has 0 spiro atoms. The number of aliphatic carboxylic acids is 1. The number of hydrogen-bond donors (Lipinski definition) is 1. The molecule has 0 fully saturated rings. The quantitative estimate of drug-likeness (QED) is 0.895. The molecule has 3 rings (SSSR count). The molecule has 1 unspecified atom stereocenters. The molecule has 0 radical (unpaired) electrons. The van der Waals surface area contributed by atoms with Crippen molar-refractivity contribution in [3.8, 4) is 0 Å². The molecule has 0 aliphatic heterocycles. The minimum Gasteiger partial charge on any atom is -0.481 e. The largest absolute Gasteiger partial charge is 0.481 e. The van der Waals surface area contributed by atoms with Crippen molar-refractivity contribution in [2.75, 3.05) is 0 Å². The molecule has 0 bridgehead atoms. The highest BCUT2D eigenvalue weighted by atomic mass is 16.4. The molecule has 1 aliphatic carbocycles. The van der Waals surface area contributed by atoms with E-state index in [1.165, 1.54) is 22.3 Å². The SMILES string of the molecule is O=C(O)CC1C=Cc2cccc(CCc3ccccc3)c21. The lowest BCUT2D eigenvalue weighted by Gasteiger charge is -2.14. The second kappa shape index (κ2) is 5.96. The van der Waals surface area contributed by atoms with E-state index in [0.29, 0.717) is 0 Å². The number of aryl methyl sites for hydroxylation is 2. The average molecular weight is 278 g/mol. The van der Waals surface area contributed by atoms with Gasteiger partial charge in [0.1, 0.15) is 0 Å². The third-order valence-electron chi connectivity index (χ3n) is 4.03. The summed E-state index contributed by atoms with van der Waals surface area (Å²) in [5.41, 5.74) is 4.96. The summed E-state index contributed by atoms with van der Waals surface area (Å²) in [5.74, 6) is -0.722. The fourth-order valence-corrected chi connectivity index (χ4v) is 3.05. The fourth-order valence-electron chi connectivity index (χ4n) is 3.05. The fraction of sp³-hybridized carbons (Fsp3) is 0.211. The summed E-state index contributed by atoms with van der Waals surface area (Å²) in [6.45, 7) is 0. The van der Waals surface area contributed by atoms with Crippen molar-refractivity contribution in [2.24, 2.45) is 0 Å². The van der Waals surface area contributed by atoms with Crippen LogP contribution >= 0.6 is 0 Å². The normalized spacial score (nSPS) is 15.9. The zero-order chi connectivity index (χ0) is 14.7. The molecular weight excluding hydrogens is 260 g/mol. The molecule has 1 atom stereocenters. The van der Waals surface area contributed by atoms with Gasteiger partial charge in [-0.05, 0) is 35.1 Å². The number of fused-ring (bicyclic) bond motifs is 1. The predicted octanol–water partition coefficient (Wildman–Crippen LogP) is 4.06. The molecule has 0 saturated heterocycles. The Hall–Kier alpha value is -2.35. The first-order valence-electron chi connectivity index (χ1n) is 7.30. The van der Waals surface area contributed by atoms with Crippen molar-refractivity contribution in [1.82, 2.24) is 0 Å². The molecule has 0 saturated carbocycles. The number of carboxylic acid groups (broad SMARTS) is 1. The summed E-state index contributed by atoms with van der Waals surface area (Å²) in [5, 5.41) is 9.06. The van der Waals surface area contributed by atoms with E-state index < -0.39 is 5.97 Å². The predicted molar refractivity (Wildman–Crippen MR) is 84.3 cm³/mol. The van der Waals surface area contributed by atoms with Gasteiger partial charge in [-0.2, -0.15) is 0 Å². The highest BCUT2D eigenvalue weighted by Gasteiger charge is 2.22. The maximum absolute atomic E-state index is 11.0. The first-order chi connectivity index (χ1) is 10.2. The van der Waals surface area contributed by atoms with Crippen molar-refractivity contribution in [1.29, 1.82) is 0 Å². The lowest BCUT2D eigenvalue weighted by Crippen LogP contribution is -2.06. The number of hydrogen-bond acceptors (Lipinski definition) is 1. The summed E-state index contributed by atoms with van der Waals surface area (Å²) in [7, 11) is 0. The summed E-state index contributed by atoms with van der Waals surface area (Å²) in [6, 6.07) is 16.7. The standard InChI is InChI=1S/C19H18O2/c20-18(21)13-17-12-11-16-8-4-7-15(19(16)17)10-9-14-5-2-1-3-6-14/h1-8,11-12,17H,9-10,13H2,(H,20,21). The van der Waals surface area contributed by atoms with Crippen molar-refractivity contribution in [3.63, 3.8) is 0 Å². The Morgan fingerprint density at radius 3 is 2.57 bits per heavy atom. The second-order valence-electron chi connectivity index (χ2n) is 5.47. The molecule has 0 amide bonds. The van der Waals surface area contributed by atoms with Gasteiger partial charge in [0.25, 0.3) is 0 Å². The molecule has 2 nitrogen and oxygen atoms in total. The molecular formula is C19H18O2. The van der Waals surface area contributed by atoms with E-state index in [9.17, 15) is 4.79 Å². The Kier molecular flexibility index (Phi) is 3.87. The molecule has 1 aliphatic rings. The monoisotopic (exact) mass is 278 g/mol. The van der Waals surface area contributed by atoms with E-state index in [2.05, 4.69) is 48.5 Å². The van der Waals surface area contributed by atoms with Crippen LogP contribution in [0.1, 0.15) is 34.6 Å². The number of benzene rings is 2. The number of allylic oxidation sites excluding steroid dienone is 1. The topological polar surface area (TPSA) is 37.3 Å². The number of carbonyl (C=O) groups is 1. The van der Waals surface area contributed by atoms with Crippen molar-refractivity contribution < 1.29 is 9.90 Å². The van der Waals surface area contributed by atoms with Gasteiger partial charge < -0.3 is 5.11 Å². The second-order valence-corrected chi connectivity index (χ2v) is 5.47. The van der Waals surface area contributed by atoms with Gasteiger partial charge in [-0.3, -0.25) is 4.79 Å². The van der Waals surface area contributed by atoms with Crippen LogP contribution in [-0.2, 0) is 17.6 Å². The zero-order valence-electron chi connectivity index (χ0n) is 11.8.